The number of H-pyrrole nitrogens is 1. The summed E-state index contributed by atoms with van der Waals surface area (Å²) in [6.45, 7) is 2.38. The fourth-order valence-electron chi connectivity index (χ4n) is 0.948. The number of aromatic amines is 1. The number of nitrogens with one attached hydrogen (secondary N) is 1. The van der Waals surface area contributed by atoms with Gasteiger partial charge in [0.25, 0.3) is 0 Å². The van der Waals surface area contributed by atoms with E-state index in [9.17, 15) is 0 Å². The van der Waals surface area contributed by atoms with Crippen molar-refractivity contribution in [2.45, 2.75) is 13.2 Å². The second-order valence-electron chi connectivity index (χ2n) is 2.05. The Labute approximate surface area is 52.4 Å². The Hall–Kier alpha value is -0.900. The summed E-state index contributed by atoms with van der Waals surface area (Å²) in [5.74, 6) is 0. The van der Waals surface area contributed by atoms with Gasteiger partial charge in [-0.2, -0.15) is 4.68 Å². The molecule has 0 unspecified atom stereocenters. The molecule has 0 aliphatic carbocycles. The fourth-order valence-corrected chi connectivity index (χ4v) is 0.948. The number of nitrogens with zero attached hydrogens (tertiary/aromatic N) is 2. The molecule has 0 saturated heterocycles. The van der Waals surface area contributed by atoms with E-state index < -0.39 is 0 Å². The average molecular weight is 126 g/mol. The normalized spacial score (nSPS) is 17.3. The number of ether oxygens (including phenoxy) is 1. The Balaban J connectivity index is 2.39. The zero-order chi connectivity index (χ0) is 6.10. The Bertz CT molecular complexity index is 187. The van der Waals surface area contributed by atoms with E-state index >= 15 is 0 Å². The predicted octanol–water partition coefficient (Wildman–Crippen LogP) is -0.773. The van der Waals surface area contributed by atoms with Crippen LogP contribution in [0.15, 0.2) is 6.20 Å². The average Bonchev–Trinajstić information content (AvgIpc) is 2.33. The van der Waals surface area contributed by atoms with Crippen molar-refractivity contribution in [2.75, 3.05) is 6.61 Å². The van der Waals surface area contributed by atoms with Crippen molar-refractivity contribution >= 4 is 0 Å². The van der Waals surface area contributed by atoms with Gasteiger partial charge < -0.3 is 4.74 Å². The molecule has 0 atom stereocenters. The van der Waals surface area contributed by atoms with Gasteiger partial charge in [0.1, 0.15) is 13.2 Å². The first kappa shape index (κ1) is 4.93. The highest BCUT2D eigenvalue weighted by molar-refractivity contribution is 4.80. The van der Waals surface area contributed by atoms with Crippen molar-refractivity contribution < 1.29 is 9.42 Å². The Morgan fingerprint density at radius 2 is 2.78 bits per heavy atom. The molecular formula is C5H8N3O+. The van der Waals surface area contributed by atoms with Crippen molar-refractivity contribution in [1.29, 1.82) is 0 Å². The smallest absolute Gasteiger partial charge is 0.211 e. The molecule has 0 radical (unpaired) electrons. The SMILES string of the molecule is c1n[nH][n+]2c1COCC2. The van der Waals surface area contributed by atoms with E-state index in [1.165, 1.54) is 0 Å². The minimum atomic E-state index is 0.691. The van der Waals surface area contributed by atoms with Crippen LogP contribution in [-0.4, -0.2) is 16.9 Å². The van der Waals surface area contributed by atoms with Crippen LogP contribution in [0, 0.1) is 0 Å². The van der Waals surface area contributed by atoms with Crippen molar-refractivity contribution in [3.05, 3.63) is 11.9 Å². The lowest BCUT2D eigenvalue weighted by Crippen LogP contribution is -2.44. The van der Waals surface area contributed by atoms with Crippen LogP contribution in [0.2, 0.25) is 0 Å². The molecule has 4 nitrogen and oxygen atoms in total. The van der Waals surface area contributed by atoms with Crippen molar-refractivity contribution in [2.24, 2.45) is 0 Å². The highest BCUT2D eigenvalue weighted by Crippen LogP contribution is 1.95. The van der Waals surface area contributed by atoms with E-state index in [4.69, 9.17) is 4.74 Å². The van der Waals surface area contributed by atoms with Crippen molar-refractivity contribution in [1.82, 2.24) is 10.3 Å². The van der Waals surface area contributed by atoms with E-state index in [0.717, 1.165) is 18.8 Å². The molecule has 0 aromatic carbocycles. The lowest BCUT2D eigenvalue weighted by Gasteiger charge is -2.06. The lowest BCUT2D eigenvalue weighted by atomic mass is 10.4. The van der Waals surface area contributed by atoms with E-state index in [1.54, 1.807) is 6.20 Å². The van der Waals surface area contributed by atoms with Crippen LogP contribution in [0.25, 0.3) is 0 Å². The highest BCUT2D eigenvalue weighted by atomic mass is 16.5. The number of hydrogen-bond donors (Lipinski definition) is 1. The highest BCUT2D eigenvalue weighted by Gasteiger charge is 2.14. The molecule has 2 rings (SSSR count). The van der Waals surface area contributed by atoms with Gasteiger partial charge in [-0.25, -0.2) is 0 Å². The zero-order valence-corrected chi connectivity index (χ0v) is 5.00. The molecule has 0 fully saturated rings. The largest absolute Gasteiger partial charge is 0.369 e. The maximum absolute atomic E-state index is 5.17. The molecule has 9 heavy (non-hydrogen) atoms. The molecule has 48 valence electrons. The monoisotopic (exact) mass is 126 g/mol. The van der Waals surface area contributed by atoms with E-state index in [2.05, 4.69) is 10.3 Å². The molecule has 1 aliphatic heterocycles. The molecule has 0 amide bonds. The second kappa shape index (κ2) is 1.80. The van der Waals surface area contributed by atoms with Gasteiger partial charge in [0.2, 0.25) is 6.20 Å². The lowest BCUT2D eigenvalue weighted by molar-refractivity contribution is -0.770. The van der Waals surface area contributed by atoms with Crippen LogP contribution < -0.4 is 4.68 Å². The number of hydrogen-bond acceptors (Lipinski definition) is 2. The molecule has 4 heteroatoms. The predicted molar refractivity (Wildman–Crippen MR) is 28.4 cm³/mol. The molecule has 1 aliphatic rings. The van der Waals surface area contributed by atoms with Gasteiger partial charge in [0.15, 0.2) is 5.69 Å². The molecule has 1 N–H and O–H groups in total. The van der Waals surface area contributed by atoms with Gasteiger partial charge in [-0.3, -0.25) is 0 Å². The molecule has 0 bridgehead atoms. The molecule has 0 saturated carbocycles. The topological polar surface area (TPSA) is 41.8 Å². The zero-order valence-electron chi connectivity index (χ0n) is 5.00. The minimum Gasteiger partial charge on any atom is -0.369 e. The Morgan fingerprint density at radius 3 is 3.67 bits per heavy atom. The third-order valence-electron chi connectivity index (χ3n) is 1.45. The standard InChI is InChI=1S/C5H7N3O/c1-2-9-4-5-3-6-7-8(1)5/h3H,1-2,4H2/p+1. The summed E-state index contributed by atoms with van der Waals surface area (Å²) in [5, 5.41) is 6.71. The van der Waals surface area contributed by atoms with Crippen LogP contribution >= 0.6 is 0 Å². The summed E-state index contributed by atoms with van der Waals surface area (Å²) in [6, 6.07) is 0. The summed E-state index contributed by atoms with van der Waals surface area (Å²) in [5.41, 5.74) is 1.13. The van der Waals surface area contributed by atoms with Crippen LogP contribution in [0.1, 0.15) is 5.69 Å². The first-order valence-corrected chi connectivity index (χ1v) is 2.96. The minimum absolute atomic E-state index is 0.691. The fraction of sp³-hybridized carbons (Fsp3) is 0.600. The summed E-state index contributed by atoms with van der Waals surface area (Å²) in [4.78, 5) is 0. The maximum Gasteiger partial charge on any atom is 0.211 e. The van der Waals surface area contributed by atoms with Crippen molar-refractivity contribution in [3.63, 3.8) is 0 Å². The number of rotatable bonds is 0. The maximum atomic E-state index is 5.17. The molecule has 1 aromatic rings. The van der Waals surface area contributed by atoms with Gasteiger partial charge >= 0.3 is 0 Å². The van der Waals surface area contributed by atoms with Crippen LogP contribution in [0.5, 0.6) is 0 Å². The van der Waals surface area contributed by atoms with Gasteiger partial charge in [-0.15, -0.1) is 0 Å². The molecule has 2 heterocycles. The van der Waals surface area contributed by atoms with Gasteiger partial charge in [-0.1, -0.05) is 5.21 Å². The number of fused-ring (bicyclic) bond motifs is 1. The first-order chi connectivity index (χ1) is 4.47. The van der Waals surface area contributed by atoms with Crippen LogP contribution in [0.4, 0.5) is 0 Å². The van der Waals surface area contributed by atoms with E-state index in [-0.39, 0.29) is 0 Å². The summed E-state index contributed by atoms with van der Waals surface area (Å²) >= 11 is 0. The molecule has 1 aromatic heterocycles. The van der Waals surface area contributed by atoms with Crippen LogP contribution in [-0.2, 0) is 17.9 Å². The van der Waals surface area contributed by atoms with Crippen molar-refractivity contribution in [3.8, 4) is 0 Å². The third kappa shape index (κ3) is 0.712. The Morgan fingerprint density at radius 1 is 1.78 bits per heavy atom. The van der Waals surface area contributed by atoms with Crippen LogP contribution in [0.3, 0.4) is 0 Å². The number of aromatic nitrogens is 3. The Kier molecular flexibility index (Phi) is 0.989. The summed E-state index contributed by atoms with van der Waals surface area (Å²) < 4.78 is 7.16. The van der Waals surface area contributed by atoms with E-state index in [0.29, 0.717) is 6.61 Å². The second-order valence-corrected chi connectivity index (χ2v) is 2.05. The molecule has 0 spiro atoms. The third-order valence-corrected chi connectivity index (χ3v) is 1.45. The van der Waals surface area contributed by atoms with E-state index in [1.807, 2.05) is 4.68 Å². The first-order valence-electron chi connectivity index (χ1n) is 2.96. The summed E-state index contributed by atoms with van der Waals surface area (Å²) in [7, 11) is 0. The van der Waals surface area contributed by atoms with Gasteiger partial charge in [0, 0.05) is 5.10 Å². The summed E-state index contributed by atoms with van der Waals surface area (Å²) in [6.07, 6.45) is 1.79. The van der Waals surface area contributed by atoms with Gasteiger partial charge in [-0.05, 0) is 0 Å². The van der Waals surface area contributed by atoms with Gasteiger partial charge in [0.05, 0.1) is 6.61 Å². The quantitative estimate of drug-likeness (QED) is 0.464. The molecular weight excluding hydrogens is 118 g/mol.